The molecule has 4 aliphatic heterocycles. The van der Waals surface area contributed by atoms with E-state index in [0.717, 1.165) is 39.1 Å². The summed E-state index contributed by atoms with van der Waals surface area (Å²) < 4.78 is 3.75. The molecule has 18 nitrogen and oxygen atoms in total. The third-order valence-corrected chi connectivity index (χ3v) is 8.15. The zero-order valence-corrected chi connectivity index (χ0v) is 37.0. The Bertz CT molecular complexity index is 1220. The van der Waals surface area contributed by atoms with Crippen LogP contribution >= 0.6 is 0 Å². The zero-order chi connectivity index (χ0) is 41.9. The number of rotatable bonds is 7. The van der Waals surface area contributed by atoms with Gasteiger partial charge in [0.15, 0.2) is 0 Å². The molecule has 2 N–H and O–H groups in total. The molecule has 0 unspecified atom stereocenters. The first-order valence-electron chi connectivity index (χ1n) is 20.3. The molecular formula is C38H76N18. The molecule has 3 aromatic rings. The van der Waals surface area contributed by atoms with Gasteiger partial charge in [0.1, 0.15) is 12.7 Å². The van der Waals surface area contributed by atoms with E-state index in [2.05, 4.69) is 167 Å². The third-order valence-electron chi connectivity index (χ3n) is 8.15. The lowest BCUT2D eigenvalue weighted by molar-refractivity contribution is 0.200. The lowest BCUT2D eigenvalue weighted by Gasteiger charge is -2.19. The average molecular weight is 785 g/mol. The van der Waals surface area contributed by atoms with Crippen molar-refractivity contribution in [1.82, 2.24) is 75.6 Å². The second-order valence-electron chi connectivity index (χ2n) is 15.3. The van der Waals surface area contributed by atoms with Crippen LogP contribution in [0.2, 0.25) is 0 Å². The summed E-state index contributed by atoms with van der Waals surface area (Å²) in [6.07, 6.45) is 18.9. The van der Waals surface area contributed by atoms with Gasteiger partial charge in [-0.2, -0.15) is 25.2 Å². The monoisotopic (exact) mass is 785 g/mol. The largest absolute Gasteiger partial charge is 0.318 e. The van der Waals surface area contributed by atoms with E-state index in [9.17, 15) is 0 Å². The van der Waals surface area contributed by atoms with Crippen LogP contribution in [0.3, 0.4) is 0 Å². The summed E-state index contributed by atoms with van der Waals surface area (Å²) in [6.45, 7) is 36.0. The SMILES string of the molecule is CC(C)N1C=CCN1.CC(C)N1CCC=N1.CC(C)N1CCCN1.CC(C)N1CCN=N1.CC(C)n1ccnn1.CC(C)n1cnnc1.CC(C)n1nccn1. The topological polar surface area (TPSA) is 166 Å². The minimum Gasteiger partial charge on any atom is -0.318 e. The minimum atomic E-state index is 0.380. The molecule has 1 fully saturated rings. The van der Waals surface area contributed by atoms with E-state index in [0.29, 0.717) is 42.3 Å². The molecule has 0 saturated carbocycles. The Hall–Kier alpha value is -4.29. The van der Waals surface area contributed by atoms with Gasteiger partial charge in [0.2, 0.25) is 0 Å². The standard InChI is InChI=1S/C6H14N2.2C6H12N2.C5H9N3.C5H11N3.2C5H9N3/c3*1-6(2)8-5-3-4-7-8;1-5(2)8-3-6-7-4-8;2*1-5(2)8-4-3-6-7-8;1-5(2)8-6-3-4-7-8/h6-7H,3-5H2,1-2H3;4,6H,3,5H2,1-2H3;3,5-7H,4H2,1-2H3;3-5H,1-2H3;5H,3-4H2,1-2H3;2*3-5H,1-2H3. The first-order valence-corrected chi connectivity index (χ1v) is 20.3. The molecule has 318 valence electrons. The van der Waals surface area contributed by atoms with Crippen LogP contribution in [0.1, 0.15) is 128 Å². The van der Waals surface area contributed by atoms with Crippen LogP contribution in [0.4, 0.5) is 0 Å². The fourth-order valence-electron chi connectivity index (χ4n) is 4.67. The van der Waals surface area contributed by atoms with Crippen molar-refractivity contribution in [3.8, 4) is 0 Å². The number of hydrazone groups is 1. The van der Waals surface area contributed by atoms with Crippen molar-refractivity contribution in [2.75, 3.05) is 39.3 Å². The van der Waals surface area contributed by atoms with E-state index < -0.39 is 0 Å². The molecule has 7 rings (SSSR count). The highest BCUT2D eigenvalue weighted by atomic mass is 15.6. The van der Waals surface area contributed by atoms with Crippen molar-refractivity contribution in [2.24, 2.45) is 15.4 Å². The van der Waals surface area contributed by atoms with Crippen molar-refractivity contribution in [3.05, 3.63) is 49.7 Å². The second-order valence-corrected chi connectivity index (χ2v) is 15.3. The molecule has 4 aliphatic rings. The van der Waals surface area contributed by atoms with E-state index in [-0.39, 0.29) is 0 Å². The van der Waals surface area contributed by atoms with Crippen LogP contribution in [-0.2, 0) is 0 Å². The van der Waals surface area contributed by atoms with Crippen LogP contribution in [0.15, 0.2) is 65.2 Å². The molecule has 18 heteroatoms. The quantitative estimate of drug-likeness (QED) is 0.284. The van der Waals surface area contributed by atoms with Crippen LogP contribution in [-0.4, -0.2) is 134 Å². The van der Waals surface area contributed by atoms with Gasteiger partial charge in [-0.15, -0.1) is 15.3 Å². The lowest BCUT2D eigenvalue weighted by Crippen LogP contribution is -2.36. The first-order chi connectivity index (χ1) is 26.6. The van der Waals surface area contributed by atoms with E-state index in [1.807, 2.05) is 35.8 Å². The Morgan fingerprint density at radius 2 is 1.27 bits per heavy atom. The van der Waals surface area contributed by atoms with Crippen molar-refractivity contribution in [2.45, 2.75) is 152 Å². The highest BCUT2D eigenvalue weighted by Crippen LogP contribution is 2.05. The first kappa shape index (κ1) is 49.7. The van der Waals surface area contributed by atoms with Gasteiger partial charge in [0.05, 0.1) is 37.7 Å². The van der Waals surface area contributed by atoms with Gasteiger partial charge in [-0.25, -0.2) is 10.4 Å². The average Bonchev–Trinajstić information content (AvgIpc) is 4.05. The molecule has 7 heterocycles. The van der Waals surface area contributed by atoms with Crippen LogP contribution in [0.25, 0.3) is 0 Å². The normalized spacial score (nSPS) is 15.7. The fraction of sp³-hybridized carbons (Fsp3) is 0.763. The van der Waals surface area contributed by atoms with Gasteiger partial charge in [-0.3, -0.25) is 20.1 Å². The molecule has 0 amide bonds. The van der Waals surface area contributed by atoms with Gasteiger partial charge in [0.25, 0.3) is 0 Å². The fourth-order valence-corrected chi connectivity index (χ4v) is 4.67. The molecule has 0 bridgehead atoms. The number of nitrogens with zero attached hydrogens (tertiary/aromatic N) is 16. The number of aromatic nitrogens is 9. The zero-order valence-electron chi connectivity index (χ0n) is 37.0. The number of hydrazine groups is 2. The van der Waals surface area contributed by atoms with Crippen LogP contribution in [0.5, 0.6) is 0 Å². The molecule has 0 spiro atoms. The number of nitrogens with one attached hydrogen (secondary N) is 2. The maximum absolute atomic E-state index is 4.14. The van der Waals surface area contributed by atoms with Crippen molar-refractivity contribution >= 4 is 6.21 Å². The summed E-state index contributed by atoms with van der Waals surface area (Å²) in [5.41, 5.74) is 6.47. The number of hydrogen-bond acceptors (Lipinski definition) is 15. The number of hydrogen-bond donors (Lipinski definition) is 2. The van der Waals surface area contributed by atoms with Gasteiger partial charge < -0.3 is 9.58 Å². The van der Waals surface area contributed by atoms with Crippen LogP contribution < -0.4 is 10.9 Å². The Balaban J connectivity index is 0.000000327. The van der Waals surface area contributed by atoms with Crippen LogP contribution in [0, 0.1) is 0 Å². The van der Waals surface area contributed by atoms with Crippen molar-refractivity contribution < 1.29 is 0 Å². The molecule has 0 aliphatic carbocycles. The Morgan fingerprint density at radius 3 is 1.52 bits per heavy atom. The summed E-state index contributed by atoms with van der Waals surface area (Å²) in [7, 11) is 0. The van der Waals surface area contributed by atoms with Gasteiger partial charge in [0, 0.05) is 87.5 Å². The maximum Gasteiger partial charge on any atom is 0.119 e. The molecule has 3 aromatic heterocycles. The summed E-state index contributed by atoms with van der Waals surface area (Å²) >= 11 is 0. The van der Waals surface area contributed by atoms with E-state index in [4.69, 9.17) is 0 Å². The summed E-state index contributed by atoms with van der Waals surface area (Å²) in [5.74, 6) is 0. The minimum absolute atomic E-state index is 0.380. The van der Waals surface area contributed by atoms with Gasteiger partial charge in [-0.1, -0.05) is 16.5 Å². The third kappa shape index (κ3) is 22.3. The van der Waals surface area contributed by atoms with E-state index in [1.54, 1.807) is 40.7 Å². The molecular weight excluding hydrogens is 709 g/mol. The second kappa shape index (κ2) is 29.0. The molecule has 0 radical (unpaired) electrons. The van der Waals surface area contributed by atoms with Crippen molar-refractivity contribution in [3.63, 3.8) is 0 Å². The Kier molecular flexibility index (Phi) is 25.8. The molecule has 0 aromatic carbocycles. The summed E-state index contributed by atoms with van der Waals surface area (Å²) in [5, 5.41) is 42.9. The van der Waals surface area contributed by atoms with Gasteiger partial charge >= 0.3 is 0 Å². The molecule has 0 atom stereocenters. The predicted octanol–water partition coefficient (Wildman–Crippen LogP) is 6.07. The Labute approximate surface area is 337 Å². The lowest BCUT2D eigenvalue weighted by atomic mass is 10.4. The molecule has 1 saturated heterocycles. The van der Waals surface area contributed by atoms with E-state index >= 15 is 0 Å². The summed E-state index contributed by atoms with van der Waals surface area (Å²) in [6, 6.07) is 3.62. The van der Waals surface area contributed by atoms with Crippen molar-refractivity contribution in [1.29, 1.82) is 0 Å². The highest BCUT2D eigenvalue weighted by Gasteiger charge is 2.12. The predicted molar refractivity (Wildman–Crippen MR) is 226 cm³/mol. The maximum atomic E-state index is 4.14. The van der Waals surface area contributed by atoms with E-state index in [1.165, 1.54) is 13.0 Å². The highest BCUT2D eigenvalue weighted by molar-refractivity contribution is 5.58. The molecule has 56 heavy (non-hydrogen) atoms. The summed E-state index contributed by atoms with van der Waals surface area (Å²) in [4.78, 5) is 1.67. The van der Waals surface area contributed by atoms with Gasteiger partial charge in [-0.05, 0) is 103 Å². The Morgan fingerprint density at radius 1 is 0.607 bits per heavy atom. The smallest absolute Gasteiger partial charge is 0.119 e.